The van der Waals surface area contributed by atoms with Crippen LogP contribution in [0, 0.1) is 11.3 Å². The second-order valence-electron chi connectivity index (χ2n) is 6.37. The molecule has 1 amide bonds. The SMILES string of the molecule is N#C/C(=C/NCCc1ccc(S(N)(=O)=O)cc1)C(=O)NC1CCCCC1. The third-order valence-electron chi connectivity index (χ3n) is 4.36. The molecule has 8 heteroatoms. The number of rotatable bonds is 7. The standard InChI is InChI=1S/C18H24N4O3S/c19-12-15(18(23)22-16-4-2-1-3-5-16)13-21-11-10-14-6-8-17(9-7-14)26(20,24)25/h6-9,13,16,21H,1-5,10-11H2,(H,22,23)(H2,20,24,25)/b15-13-. The van der Waals surface area contributed by atoms with Crippen LogP contribution < -0.4 is 15.8 Å². The van der Waals surface area contributed by atoms with Crippen LogP contribution in [-0.2, 0) is 21.2 Å². The first-order chi connectivity index (χ1) is 12.4. The van der Waals surface area contributed by atoms with Gasteiger partial charge in [0, 0.05) is 18.8 Å². The molecular weight excluding hydrogens is 352 g/mol. The Bertz CT molecular complexity index is 789. The summed E-state index contributed by atoms with van der Waals surface area (Å²) in [6.07, 6.45) is 7.39. The molecule has 0 bridgehead atoms. The highest BCUT2D eigenvalue weighted by molar-refractivity contribution is 7.89. The van der Waals surface area contributed by atoms with E-state index in [1.54, 1.807) is 12.1 Å². The second kappa shape index (κ2) is 9.36. The number of carbonyl (C=O) groups is 1. The minimum Gasteiger partial charge on any atom is -0.389 e. The van der Waals surface area contributed by atoms with Crippen molar-refractivity contribution in [2.45, 2.75) is 49.5 Å². The Balaban J connectivity index is 1.81. The van der Waals surface area contributed by atoms with Gasteiger partial charge in [0.15, 0.2) is 0 Å². The zero-order valence-corrected chi connectivity index (χ0v) is 15.4. The summed E-state index contributed by atoms with van der Waals surface area (Å²) < 4.78 is 22.4. The first kappa shape index (κ1) is 19.9. The lowest BCUT2D eigenvalue weighted by Gasteiger charge is -2.22. The van der Waals surface area contributed by atoms with Crippen LogP contribution >= 0.6 is 0 Å². The molecule has 1 aromatic rings. The number of nitrogens with one attached hydrogen (secondary N) is 2. The van der Waals surface area contributed by atoms with Gasteiger partial charge in [0.25, 0.3) is 5.91 Å². The molecule has 7 nitrogen and oxygen atoms in total. The van der Waals surface area contributed by atoms with Gasteiger partial charge >= 0.3 is 0 Å². The van der Waals surface area contributed by atoms with Crippen molar-refractivity contribution >= 4 is 15.9 Å². The molecule has 1 aromatic carbocycles. The van der Waals surface area contributed by atoms with E-state index in [1.165, 1.54) is 24.8 Å². The highest BCUT2D eigenvalue weighted by Gasteiger charge is 2.17. The van der Waals surface area contributed by atoms with Crippen LogP contribution in [0.3, 0.4) is 0 Å². The van der Waals surface area contributed by atoms with Gasteiger partial charge in [-0.15, -0.1) is 0 Å². The third kappa shape index (κ3) is 6.17. The first-order valence-corrected chi connectivity index (χ1v) is 10.2. The van der Waals surface area contributed by atoms with Gasteiger partial charge in [0.1, 0.15) is 11.6 Å². The molecule has 1 aliphatic carbocycles. The number of nitrogens with zero attached hydrogens (tertiary/aromatic N) is 1. The highest BCUT2D eigenvalue weighted by Crippen LogP contribution is 2.17. The lowest BCUT2D eigenvalue weighted by Crippen LogP contribution is -2.37. The lowest BCUT2D eigenvalue weighted by molar-refractivity contribution is -0.118. The van der Waals surface area contributed by atoms with Crippen molar-refractivity contribution in [2.75, 3.05) is 6.54 Å². The van der Waals surface area contributed by atoms with Crippen molar-refractivity contribution < 1.29 is 13.2 Å². The Morgan fingerprint density at radius 1 is 1.23 bits per heavy atom. The van der Waals surface area contributed by atoms with Crippen LogP contribution in [0.4, 0.5) is 0 Å². The van der Waals surface area contributed by atoms with E-state index in [0.717, 1.165) is 31.2 Å². The van der Waals surface area contributed by atoms with Crippen molar-refractivity contribution in [3.8, 4) is 6.07 Å². The molecule has 140 valence electrons. The van der Waals surface area contributed by atoms with E-state index in [4.69, 9.17) is 10.4 Å². The second-order valence-corrected chi connectivity index (χ2v) is 7.93. The van der Waals surface area contributed by atoms with E-state index in [1.807, 2.05) is 6.07 Å². The molecule has 0 unspecified atom stereocenters. The largest absolute Gasteiger partial charge is 0.389 e. The molecule has 4 N–H and O–H groups in total. The van der Waals surface area contributed by atoms with Crippen LogP contribution in [0.5, 0.6) is 0 Å². The molecule has 0 aromatic heterocycles. The van der Waals surface area contributed by atoms with Gasteiger partial charge in [-0.25, -0.2) is 13.6 Å². The number of carbonyl (C=O) groups excluding carboxylic acids is 1. The monoisotopic (exact) mass is 376 g/mol. The van der Waals surface area contributed by atoms with Gasteiger partial charge < -0.3 is 10.6 Å². The van der Waals surface area contributed by atoms with Gasteiger partial charge in [0.05, 0.1) is 4.90 Å². The van der Waals surface area contributed by atoms with Crippen LogP contribution in [-0.4, -0.2) is 26.9 Å². The molecule has 0 atom stereocenters. The minimum atomic E-state index is -3.69. The Morgan fingerprint density at radius 3 is 2.46 bits per heavy atom. The van der Waals surface area contributed by atoms with Crippen LogP contribution in [0.2, 0.25) is 0 Å². The third-order valence-corrected chi connectivity index (χ3v) is 5.29. The molecule has 0 spiro atoms. The average molecular weight is 376 g/mol. The van der Waals surface area contributed by atoms with Gasteiger partial charge in [0.2, 0.25) is 10.0 Å². The quantitative estimate of drug-likeness (QED) is 0.376. The molecule has 0 heterocycles. The van der Waals surface area contributed by atoms with Gasteiger partial charge in [-0.2, -0.15) is 5.26 Å². The summed E-state index contributed by atoms with van der Waals surface area (Å²) in [5, 5.41) is 20.1. The predicted octanol–water partition coefficient (Wildman–Crippen LogP) is 1.32. The summed E-state index contributed by atoms with van der Waals surface area (Å²) in [4.78, 5) is 12.2. The molecular formula is C18H24N4O3S. The molecule has 1 fully saturated rings. The average Bonchev–Trinajstić information content (AvgIpc) is 2.62. The van der Waals surface area contributed by atoms with E-state index >= 15 is 0 Å². The summed E-state index contributed by atoms with van der Waals surface area (Å²) in [6, 6.07) is 8.37. The van der Waals surface area contributed by atoms with E-state index < -0.39 is 10.0 Å². The van der Waals surface area contributed by atoms with Crippen molar-refractivity contribution in [1.29, 1.82) is 5.26 Å². The zero-order chi connectivity index (χ0) is 19.0. The van der Waals surface area contributed by atoms with Crippen molar-refractivity contribution in [2.24, 2.45) is 5.14 Å². The van der Waals surface area contributed by atoms with Crippen LogP contribution in [0.15, 0.2) is 40.9 Å². The Hall–Kier alpha value is -2.37. The van der Waals surface area contributed by atoms with E-state index in [0.29, 0.717) is 13.0 Å². The minimum absolute atomic E-state index is 0.0557. The maximum absolute atomic E-state index is 12.1. The normalized spacial score (nSPS) is 15.9. The number of nitriles is 1. The fraction of sp³-hybridized carbons (Fsp3) is 0.444. The summed E-state index contributed by atoms with van der Waals surface area (Å²) in [5.41, 5.74) is 0.976. The summed E-state index contributed by atoms with van der Waals surface area (Å²) in [6.45, 7) is 0.511. The van der Waals surface area contributed by atoms with Crippen molar-refractivity contribution in [1.82, 2.24) is 10.6 Å². The number of hydrogen-bond donors (Lipinski definition) is 3. The fourth-order valence-electron chi connectivity index (χ4n) is 2.90. The number of nitrogens with two attached hydrogens (primary N) is 1. The molecule has 26 heavy (non-hydrogen) atoms. The number of sulfonamides is 1. The molecule has 2 rings (SSSR count). The number of benzene rings is 1. The molecule has 0 radical (unpaired) electrons. The van der Waals surface area contributed by atoms with Crippen molar-refractivity contribution in [3.63, 3.8) is 0 Å². The zero-order valence-electron chi connectivity index (χ0n) is 14.6. The smallest absolute Gasteiger partial charge is 0.263 e. The van der Waals surface area contributed by atoms with Gasteiger partial charge in [-0.05, 0) is 37.0 Å². The Morgan fingerprint density at radius 2 is 1.88 bits per heavy atom. The molecule has 0 saturated heterocycles. The summed E-state index contributed by atoms with van der Waals surface area (Å²) >= 11 is 0. The maximum Gasteiger partial charge on any atom is 0.263 e. The Kier molecular flexibility index (Phi) is 7.18. The molecule has 0 aliphatic heterocycles. The highest BCUT2D eigenvalue weighted by atomic mass is 32.2. The van der Waals surface area contributed by atoms with Gasteiger partial charge in [-0.3, -0.25) is 4.79 Å². The molecule has 1 saturated carbocycles. The van der Waals surface area contributed by atoms with Crippen LogP contribution in [0.25, 0.3) is 0 Å². The number of primary sulfonamides is 1. The Labute approximate surface area is 154 Å². The summed E-state index contributed by atoms with van der Waals surface area (Å²) in [5.74, 6) is -0.343. The summed E-state index contributed by atoms with van der Waals surface area (Å²) in [7, 11) is -3.69. The lowest BCUT2D eigenvalue weighted by atomic mass is 9.95. The van der Waals surface area contributed by atoms with Crippen LogP contribution in [0.1, 0.15) is 37.7 Å². The predicted molar refractivity (Wildman–Crippen MR) is 98.2 cm³/mol. The maximum atomic E-state index is 12.1. The topological polar surface area (TPSA) is 125 Å². The number of hydrogen-bond acceptors (Lipinski definition) is 5. The van der Waals surface area contributed by atoms with E-state index in [-0.39, 0.29) is 22.4 Å². The van der Waals surface area contributed by atoms with Crippen molar-refractivity contribution in [3.05, 3.63) is 41.6 Å². The molecule has 1 aliphatic rings. The number of amides is 1. The van der Waals surface area contributed by atoms with E-state index in [2.05, 4.69) is 10.6 Å². The first-order valence-electron chi connectivity index (χ1n) is 8.66. The van der Waals surface area contributed by atoms with Gasteiger partial charge in [-0.1, -0.05) is 31.4 Å². The van der Waals surface area contributed by atoms with E-state index in [9.17, 15) is 13.2 Å². The fourth-order valence-corrected chi connectivity index (χ4v) is 3.41.